The highest BCUT2D eigenvalue weighted by molar-refractivity contribution is 6.33. The third kappa shape index (κ3) is 4.93. The summed E-state index contributed by atoms with van der Waals surface area (Å²) in [4.78, 5) is 52.8. The van der Waals surface area contributed by atoms with Gasteiger partial charge in [0.05, 0.1) is 39.4 Å². The smallest absolute Gasteiger partial charge is 0.416 e. The molecule has 3 aliphatic rings. The van der Waals surface area contributed by atoms with E-state index in [0.29, 0.717) is 11.8 Å². The number of halogens is 4. The zero-order chi connectivity index (χ0) is 29.8. The number of hydrogen-bond donors (Lipinski definition) is 1. The van der Waals surface area contributed by atoms with E-state index in [9.17, 15) is 32.3 Å². The number of hydrogen-bond acceptors (Lipinski definition) is 5. The lowest BCUT2D eigenvalue weighted by molar-refractivity contribution is -0.137. The van der Waals surface area contributed by atoms with Crippen LogP contribution in [0.4, 0.5) is 24.5 Å². The Bertz CT molecular complexity index is 1580. The van der Waals surface area contributed by atoms with E-state index in [0.717, 1.165) is 25.0 Å². The fourth-order valence-corrected chi connectivity index (χ4v) is 6.91. The second kappa shape index (κ2) is 10.6. The number of imide groups is 1. The first kappa shape index (κ1) is 28.0. The van der Waals surface area contributed by atoms with Crippen LogP contribution in [0.5, 0.6) is 0 Å². The number of fused-ring (bicyclic) bond motifs is 5. The molecule has 0 spiro atoms. The number of amides is 3. The number of carbonyl (C=O) groups excluding carboxylic acids is 4. The Hall–Kier alpha value is -4.18. The molecule has 6 rings (SSSR count). The zero-order valence-corrected chi connectivity index (χ0v) is 22.7. The van der Waals surface area contributed by atoms with Gasteiger partial charge >= 0.3 is 12.1 Å². The summed E-state index contributed by atoms with van der Waals surface area (Å²) in [5, 5.41) is 2.09. The van der Waals surface area contributed by atoms with Crippen molar-refractivity contribution in [2.24, 2.45) is 23.7 Å². The van der Waals surface area contributed by atoms with Gasteiger partial charge in [-0.05, 0) is 78.6 Å². The standard InChI is InChI=1S/C31H24ClF3N2O5/c32-23-11-8-19(31(33,34)35)14-24(23)36-25(38)15-42-30(41)17-6-9-20(10-7-17)37-28(39)26-18-12-21(16-4-2-1-3-5-16)22(13-18)27(26)29(37)40/h1-11,14,18,21-22,26-27H,12-13,15H2,(H,36,38)/t18-,21-,22+,26+,27+/m0/s1. The molecule has 3 amide bonds. The Morgan fingerprint density at radius 1 is 0.929 bits per heavy atom. The number of alkyl halides is 3. The van der Waals surface area contributed by atoms with Crippen molar-refractivity contribution in [1.82, 2.24) is 0 Å². The maximum atomic E-state index is 13.5. The molecule has 3 aromatic carbocycles. The second-order valence-corrected chi connectivity index (χ2v) is 11.2. The van der Waals surface area contributed by atoms with Crippen LogP contribution in [-0.2, 0) is 25.3 Å². The summed E-state index contributed by atoms with van der Waals surface area (Å²) in [7, 11) is 0. The van der Waals surface area contributed by atoms with Crippen LogP contribution >= 0.6 is 11.6 Å². The quantitative estimate of drug-likeness (QED) is 0.275. The van der Waals surface area contributed by atoms with E-state index in [1.165, 1.54) is 34.7 Å². The minimum atomic E-state index is -4.63. The highest BCUT2D eigenvalue weighted by Crippen LogP contribution is 2.61. The van der Waals surface area contributed by atoms with Crippen molar-refractivity contribution in [2.45, 2.75) is 24.9 Å². The van der Waals surface area contributed by atoms with E-state index in [-0.39, 0.29) is 57.7 Å². The zero-order valence-electron chi connectivity index (χ0n) is 21.9. The average molecular weight is 597 g/mol. The Labute approximate surface area is 243 Å². The molecule has 5 atom stereocenters. The van der Waals surface area contributed by atoms with Crippen molar-refractivity contribution in [3.8, 4) is 0 Å². The first-order chi connectivity index (χ1) is 20.0. The molecule has 0 radical (unpaired) electrons. The van der Waals surface area contributed by atoms with Crippen LogP contribution in [0.3, 0.4) is 0 Å². The lowest BCUT2D eigenvalue weighted by atomic mass is 9.73. The molecule has 11 heteroatoms. The highest BCUT2D eigenvalue weighted by Gasteiger charge is 2.64. The van der Waals surface area contributed by atoms with Crippen molar-refractivity contribution < 1.29 is 37.1 Å². The normalized spacial score (nSPS) is 24.6. The largest absolute Gasteiger partial charge is 0.452 e. The summed E-state index contributed by atoms with van der Waals surface area (Å²) in [5.41, 5.74) is 0.332. The lowest BCUT2D eigenvalue weighted by Gasteiger charge is -2.28. The molecule has 1 saturated heterocycles. The van der Waals surface area contributed by atoms with E-state index >= 15 is 0 Å². The predicted molar refractivity (Wildman–Crippen MR) is 147 cm³/mol. The molecule has 2 aliphatic carbocycles. The van der Waals surface area contributed by atoms with Gasteiger partial charge in [0.1, 0.15) is 0 Å². The molecule has 1 heterocycles. The number of nitrogens with zero attached hydrogens (tertiary/aromatic N) is 1. The van der Waals surface area contributed by atoms with E-state index in [4.69, 9.17) is 16.3 Å². The molecule has 7 nitrogen and oxygen atoms in total. The molecule has 3 fully saturated rings. The van der Waals surface area contributed by atoms with Crippen LogP contribution in [0.1, 0.15) is 40.2 Å². The van der Waals surface area contributed by atoms with Gasteiger partial charge in [-0.25, -0.2) is 4.79 Å². The second-order valence-electron chi connectivity index (χ2n) is 10.8. The Morgan fingerprint density at radius 3 is 2.31 bits per heavy atom. The third-order valence-corrected chi connectivity index (χ3v) is 8.84. The maximum absolute atomic E-state index is 13.5. The van der Waals surface area contributed by atoms with Crippen molar-refractivity contribution in [2.75, 3.05) is 16.8 Å². The van der Waals surface area contributed by atoms with Crippen LogP contribution in [0.2, 0.25) is 5.02 Å². The fourth-order valence-electron chi connectivity index (χ4n) is 6.74. The summed E-state index contributed by atoms with van der Waals surface area (Å²) in [6.45, 7) is -0.773. The van der Waals surface area contributed by atoms with Gasteiger partial charge in [0.25, 0.3) is 5.91 Å². The Morgan fingerprint density at radius 2 is 1.62 bits per heavy atom. The van der Waals surface area contributed by atoms with Crippen molar-refractivity contribution in [3.05, 3.63) is 94.5 Å². The average Bonchev–Trinajstić information content (AvgIpc) is 3.64. The molecule has 42 heavy (non-hydrogen) atoms. The van der Waals surface area contributed by atoms with Gasteiger partial charge in [-0.1, -0.05) is 41.9 Å². The molecule has 0 unspecified atom stereocenters. The molecule has 3 aromatic rings. The van der Waals surface area contributed by atoms with E-state index in [1.54, 1.807) is 0 Å². The summed E-state index contributed by atoms with van der Waals surface area (Å²) < 4.78 is 43.9. The van der Waals surface area contributed by atoms with Gasteiger partial charge in [0.2, 0.25) is 11.8 Å². The van der Waals surface area contributed by atoms with Gasteiger partial charge in [0, 0.05) is 0 Å². The minimum absolute atomic E-state index is 0.0622. The van der Waals surface area contributed by atoms with Crippen molar-refractivity contribution in [1.29, 1.82) is 0 Å². The summed E-state index contributed by atoms with van der Waals surface area (Å²) >= 11 is 5.88. The third-order valence-electron chi connectivity index (χ3n) is 8.51. The summed E-state index contributed by atoms with van der Waals surface area (Å²) in [6.07, 6.45) is -2.89. The molecule has 2 bridgehead atoms. The first-order valence-electron chi connectivity index (χ1n) is 13.4. The highest BCUT2D eigenvalue weighted by atomic mass is 35.5. The number of esters is 1. The number of rotatable bonds is 6. The summed E-state index contributed by atoms with van der Waals surface area (Å²) in [5.74, 6) is -2.40. The van der Waals surface area contributed by atoms with Crippen LogP contribution in [0.15, 0.2) is 72.8 Å². The molecular weight excluding hydrogens is 573 g/mol. The van der Waals surface area contributed by atoms with Crippen LogP contribution in [-0.4, -0.2) is 30.3 Å². The number of benzene rings is 3. The van der Waals surface area contributed by atoms with Gasteiger partial charge in [-0.3, -0.25) is 19.3 Å². The number of anilines is 2. The molecular formula is C31H24ClF3N2O5. The molecule has 1 N–H and O–H groups in total. The van der Waals surface area contributed by atoms with Gasteiger partial charge in [0.15, 0.2) is 6.61 Å². The first-order valence-corrected chi connectivity index (χ1v) is 13.8. The molecule has 1 aliphatic heterocycles. The van der Waals surface area contributed by atoms with Crippen molar-refractivity contribution >= 4 is 46.7 Å². The van der Waals surface area contributed by atoms with Gasteiger partial charge < -0.3 is 10.1 Å². The van der Waals surface area contributed by atoms with E-state index in [1.807, 2.05) is 18.2 Å². The number of nitrogens with one attached hydrogen (secondary N) is 1. The summed E-state index contributed by atoms with van der Waals surface area (Å²) in [6, 6.07) is 18.3. The van der Waals surface area contributed by atoms with E-state index < -0.39 is 30.2 Å². The van der Waals surface area contributed by atoms with Crippen molar-refractivity contribution in [3.63, 3.8) is 0 Å². The maximum Gasteiger partial charge on any atom is 0.416 e. The van der Waals surface area contributed by atoms with Gasteiger partial charge in [-0.2, -0.15) is 13.2 Å². The van der Waals surface area contributed by atoms with Crippen LogP contribution < -0.4 is 10.2 Å². The lowest BCUT2D eigenvalue weighted by Crippen LogP contribution is -2.33. The SMILES string of the molecule is O=C(COC(=O)c1ccc(N2C(=O)[C@@H]3[C@@H]4C[C@@H]([C@H]3C2=O)[C@H](c2ccccc2)C4)cc1)Nc1cc(C(F)(F)F)ccc1Cl. The van der Waals surface area contributed by atoms with Gasteiger partial charge in [-0.15, -0.1) is 0 Å². The monoisotopic (exact) mass is 596 g/mol. The Kier molecular flexibility index (Phi) is 7.04. The fraction of sp³-hybridized carbons (Fsp3) is 0.290. The molecule has 0 aromatic heterocycles. The van der Waals surface area contributed by atoms with E-state index in [2.05, 4.69) is 17.4 Å². The number of ether oxygens (including phenoxy) is 1. The Balaban J connectivity index is 1.09. The van der Waals surface area contributed by atoms with Crippen LogP contribution in [0, 0.1) is 23.7 Å². The topological polar surface area (TPSA) is 92.8 Å². The van der Waals surface area contributed by atoms with Crippen LogP contribution in [0.25, 0.3) is 0 Å². The molecule has 216 valence electrons. The predicted octanol–water partition coefficient (Wildman–Crippen LogP) is 6.08. The minimum Gasteiger partial charge on any atom is -0.452 e. The molecule has 2 saturated carbocycles. The number of carbonyl (C=O) groups is 4.